The topological polar surface area (TPSA) is 112 Å². The standard InChI is InChI=1S/C11H18N2O5S/c1-7-8(10(14)17-4)5-9(18-7)19(15,16)13-11(2,3)6-12/h5,13H,6,12H2,1-4H3. The fraction of sp³-hybridized carbons (Fsp3) is 0.545. The number of carbonyl (C=O) groups is 1. The Morgan fingerprint density at radius 1 is 1.53 bits per heavy atom. The molecule has 0 saturated heterocycles. The quantitative estimate of drug-likeness (QED) is 0.759. The van der Waals surface area contributed by atoms with Crippen LogP contribution in [-0.2, 0) is 14.8 Å². The molecule has 8 heteroatoms. The molecule has 0 spiro atoms. The number of hydrogen-bond donors (Lipinski definition) is 2. The normalized spacial score (nSPS) is 12.5. The summed E-state index contributed by atoms with van der Waals surface area (Å²) in [7, 11) is -2.67. The second-order valence-electron chi connectivity index (χ2n) is 4.72. The zero-order valence-corrected chi connectivity index (χ0v) is 12.1. The molecule has 0 atom stereocenters. The summed E-state index contributed by atoms with van der Waals surface area (Å²) in [5, 5.41) is -0.341. The highest BCUT2D eigenvalue weighted by Crippen LogP contribution is 2.21. The van der Waals surface area contributed by atoms with Crippen LogP contribution >= 0.6 is 0 Å². The molecular formula is C11H18N2O5S. The molecule has 0 saturated carbocycles. The van der Waals surface area contributed by atoms with Crippen LogP contribution in [0.15, 0.2) is 15.6 Å². The average Bonchev–Trinajstić information content (AvgIpc) is 2.70. The molecule has 0 aromatic carbocycles. The van der Waals surface area contributed by atoms with Gasteiger partial charge in [-0.3, -0.25) is 0 Å². The Labute approximate surface area is 112 Å². The van der Waals surface area contributed by atoms with Gasteiger partial charge in [-0.2, -0.15) is 0 Å². The summed E-state index contributed by atoms with van der Waals surface area (Å²) in [6, 6.07) is 1.14. The number of nitrogens with two attached hydrogens (primary N) is 1. The van der Waals surface area contributed by atoms with Crippen molar-refractivity contribution in [2.24, 2.45) is 5.73 Å². The molecule has 1 aromatic rings. The van der Waals surface area contributed by atoms with E-state index in [0.717, 1.165) is 6.07 Å². The molecule has 0 aliphatic rings. The van der Waals surface area contributed by atoms with Crippen molar-refractivity contribution in [1.82, 2.24) is 4.72 Å². The van der Waals surface area contributed by atoms with Crippen molar-refractivity contribution in [3.8, 4) is 0 Å². The molecule has 0 amide bonds. The molecule has 0 aliphatic carbocycles. The molecule has 1 heterocycles. The first-order chi connectivity index (χ1) is 8.63. The zero-order valence-electron chi connectivity index (χ0n) is 11.3. The highest BCUT2D eigenvalue weighted by molar-refractivity contribution is 7.89. The summed E-state index contributed by atoms with van der Waals surface area (Å²) in [5.74, 6) is -0.474. The summed E-state index contributed by atoms with van der Waals surface area (Å²) >= 11 is 0. The number of carbonyl (C=O) groups excluding carboxylic acids is 1. The lowest BCUT2D eigenvalue weighted by Crippen LogP contribution is -2.48. The third-order valence-electron chi connectivity index (χ3n) is 2.49. The van der Waals surface area contributed by atoms with Crippen molar-refractivity contribution in [2.45, 2.75) is 31.4 Å². The van der Waals surface area contributed by atoms with Gasteiger partial charge in [0.05, 0.1) is 7.11 Å². The first-order valence-corrected chi connectivity index (χ1v) is 7.04. The predicted molar refractivity (Wildman–Crippen MR) is 68.2 cm³/mol. The Morgan fingerprint density at radius 3 is 2.58 bits per heavy atom. The van der Waals surface area contributed by atoms with Crippen molar-refractivity contribution >= 4 is 16.0 Å². The van der Waals surface area contributed by atoms with Gasteiger partial charge in [-0.25, -0.2) is 17.9 Å². The number of sulfonamides is 1. The minimum atomic E-state index is -3.88. The molecular weight excluding hydrogens is 272 g/mol. The summed E-state index contributed by atoms with van der Waals surface area (Å²) in [6.07, 6.45) is 0. The second-order valence-corrected chi connectivity index (χ2v) is 6.33. The van der Waals surface area contributed by atoms with Gasteiger partial charge >= 0.3 is 5.97 Å². The van der Waals surface area contributed by atoms with Gasteiger partial charge in [0.1, 0.15) is 11.3 Å². The van der Waals surface area contributed by atoms with Crippen LogP contribution in [0.4, 0.5) is 0 Å². The van der Waals surface area contributed by atoms with Gasteiger partial charge in [0.15, 0.2) is 0 Å². The lowest BCUT2D eigenvalue weighted by Gasteiger charge is -2.22. The summed E-state index contributed by atoms with van der Waals surface area (Å²) < 4.78 is 36.2. The smallest absolute Gasteiger partial charge is 0.341 e. The van der Waals surface area contributed by atoms with Gasteiger partial charge in [0.2, 0.25) is 5.09 Å². The highest BCUT2D eigenvalue weighted by Gasteiger charge is 2.29. The van der Waals surface area contributed by atoms with E-state index in [9.17, 15) is 13.2 Å². The van der Waals surface area contributed by atoms with E-state index >= 15 is 0 Å². The van der Waals surface area contributed by atoms with E-state index in [2.05, 4.69) is 9.46 Å². The molecule has 7 nitrogen and oxygen atoms in total. The summed E-state index contributed by atoms with van der Waals surface area (Å²) in [4.78, 5) is 11.4. The molecule has 0 bridgehead atoms. The fourth-order valence-electron chi connectivity index (χ4n) is 1.36. The maximum atomic E-state index is 12.1. The van der Waals surface area contributed by atoms with Gasteiger partial charge in [-0.1, -0.05) is 0 Å². The van der Waals surface area contributed by atoms with Crippen LogP contribution in [-0.4, -0.2) is 33.6 Å². The van der Waals surface area contributed by atoms with Gasteiger partial charge in [-0.05, 0) is 20.8 Å². The number of furan rings is 1. The number of ether oxygens (including phenoxy) is 1. The van der Waals surface area contributed by atoms with Crippen molar-refractivity contribution in [3.63, 3.8) is 0 Å². The number of methoxy groups -OCH3 is 1. The Balaban J connectivity index is 3.14. The first kappa shape index (κ1) is 15.7. The molecule has 3 N–H and O–H groups in total. The van der Waals surface area contributed by atoms with Crippen molar-refractivity contribution in [3.05, 3.63) is 17.4 Å². The van der Waals surface area contributed by atoms with Crippen molar-refractivity contribution in [1.29, 1.82) is 0 Å². The third kappa shape index (κ3) is 3.55. The summed E-state index contributed by atoms with van der Waals surface area (Å²) in [6.45, 7) is 4.89. The number of rotatable bonds is 5. The van der Waals surface area contributed by atoms with Crippen molar-refractivity contribution in [2.75, 3.05) is 13.7 Å². The maximum absolute atomic E-state index is 12.1. The van der Waals surface area contributed by atoms with Crippen LogP contribution in [0.5, 0.6) is 0 Å². The van der Waals surface area contributed by atoms with E-state index < -0.39 is 21.5 Å². The molecule has 0 radical (unpaired) electrons. The van der Waals surface area contributed by atoms with Crippen LogP contribution in [0.25, 0.3) is 0 Å². The molecule has 108 valence electrons. The van der Waals surface area contributed by atoms with E-state index in [0.29, 0.717) is 0 Å². The Hall–Kier alpha value is -1.38. The lowest BCUT2D eigenvalue weighted by atomic mass is 10.1. The molecule has 1 aromatic heterocycles. The summed E-state index contributed by atoms with van der Waals surface area (Å²) in [5.41, 5.74) is 4.73. The number of hydrogen-bond acceptors (Lipinski definition) is 6. The molecule has 1 rings (SSSR count). The predicted octanol–water partition coefficient (Wildman–Crippen LogP) is 0.390. The van der Waals surface area contributed by atoms with E-state index in [-0.39, 0.29) is 23.0 Å². The third-order valence-corrected chi connectivity index (χ3v) is 4.04. The van der Waals surface area contributed by atoms with Crippen LogP contribution in [0.1, 0.15) is 30.0 Å². The van der Waals surface area contributed by atoms with Crippen LogP contribution in [0, 0.1) is 6.92 Å². The fourth-order valence-corrected chi connectivity index (χ4v) is 2.77. The number of aryl methyl sites for hydroxylation is 1. The van der Waals surface area contributed by atoms with E-state index in [1.807, 2.05) is 0 Å². The number of esters is 1. The first-order valence-electron chi connectivity index (χ1n) is 5.56. The minimum Gasteiger partial charge on any atom is -0.465 e. The lowest BCUT2D eigenvalue weighted by molar-refractivity contribution is 0.0599. The second kappa shape index (κ2) is 5.32. The Bertz CT molecular complexity index is 574. The van der Waals surface area contributed by atoms with Crippen LogP contribution < -0.4 is 10.5 Å². The molecule has 0 aliphatic heterocycles. The van der Waals surface area contributed by atoms with Gasteiger partial charge in [-0.15, -0.1) is 0 Å². The highest BCUT2D eigenvalue weighted by atomic mass is 32.2. The van der Waals surface area contributed by atoms with E-state index in [1.54, 1.807) is 13.8 Å². The van der Waals surface area contributed by atoms with Crippen molar-refractivity contribution < 1.29 is 22.4 Å². The van der Waals surface area contributed by atoms with Crippen LogP contribution in [0.2, 0.25) is 0 Å². The minimum absolute atomic E-state index is 0.0772. The van der Waals surface area contributed by atoms with Crippen LogP contribution in [0.3, 0.4) is 0 Å². The average molecular weight is 290 g/mol. The largest absolute Gasteiger partial charge is 0.465 e. The number of nitrogens with one attached hydrogen (secondary N) is 1. The molecule has 0 fully saturated rings. The van der Waals surface area contributed by atoms with E-state index in [1.165, 1.54) is 14.0 Å². The Morgan fingerprint density at radius 2 is 2.11 bits per heavy atom. The monoisotopic (exact) mass is 290 g/mol. The maximum Gasteiger partial charge on any atom is 0.341 e. The molecule has 19 heavy (non-hydrogen) atoms. The molecule has 0 unspecified atom stereocenters. The van der Waals surface area contributed by atoms with Gasteiger partial charge in [0, 0.05) is 18.2 Å². The van der Waals surface area contributed by atoms with E-state index in [4.69, 9.17) is 10.2 Å². The Kier molecular flexibility index (Phi) is 4.39. The zero-order chi connectivity index (χ0) is 14.8. The van der Waals surface area contributed by atoms with Gasteiger partial charge in [0.25, 0.3) is 10.0 Å². The SMILES string of the molecule is COC(=O)c1cc(S(=O)(=O)NC(C)(C)CN)oc1C. The van der Waals surface area contributed by atoms with Gasteiger partial charge < -0.3 is 14.9 Å².